The smallest absolute Gasteiger partial charge is 0.0963 e. The van der Waals surface area contributed by atoms with Crippen molar-refractivity contribution in [2.45, 2.75) is 63.2 Å². The number of hydrogen-bond donors (Lipinski definition) is 1. The molecule has 2 fully saturated rings. The first-order chi connectivity index (χ1) is 9.83. The first-order valence-electron chi connectivity index (χ1n) is 7.96. The molecule has 0 aliphatic heterocycles. The molecule has 0 aromatic heterocycles. The van der Waals surface area contributed by atoms with Gasteiger partial charge in [-0.05, 0) is 37.3 Å². The van der Waals surface area contributed by atoms with E-state index in [2.05, 4.69) is 45.5 Å². The van der Waals surface area contributed by atoms with Crippen molar-refractivity contribution in [3.63, 3.8) is 0 Å². The van der Waals surface area contributed by atoms with Crippen LogP contribution in [0.25, 0.3) is 0 Å². The summed E-state index contributed by atoms with van der Waals surface area (Å²) in [4.78, 5) is 0. The Morgan fingerprint density at radius 3 is 2.55 bits per heavy atom. The quantitative estimate of drug-likeness (QED) is 0.819. The second kappa shape index (κ2) is 7.06. The van der Waals surface area contributed by atoms with Gasteiger partial charge in [0.25, 0.3) is 0 Å². The fourth-order valence-corrected chi connectivity index (χ4v) is 3.50. The minimum Gasteiger partial charge on any atom is -0.369 e. The minimum absolute atomic E-state index is 0.175. The molecule has 0 radical (unpaired) electrons. The predicted molar refractivity (Wildman–Crippen MR) is 85.9 cm³/mol. The maximum Gasteiger partial charge on any atom is 0.0963 e. The zero-order valence-corrected chi connectivity index (χ0v) is 13.6. The molecule has 2 saturated carbocycles. The van der Waals surface area contributed by atoms with Crippen LogP contribution in [0.4, 0.5) is 0 Å². The molecule has 1 atom stereocenters. The first-order valence-corrected chi connectivity index (χ1v) is 8.75. The second-order valence-electron chi connectivity index (χ2n) is 6.09. The number of ether oxygens (including phenoxy) is 1. The van der Waals surface area contributed by atoms with Crippen molar-refractivity contribution in [3.05, 3.63) is 34.3 Å². The van der Waals surface area contributed by atoms with Gasteiger partial charge in [-0.15, -0.1) is 0 Å². The van der Waals surface area contributed by atoms with Gasteiger partial charge in [0, 0.05) is 17.1 Å². The van der Waals surface area contributed by atoms with Gasteiger partial charge in [-0.25, -0.2) is 0 Å². The zero-order chi connectivity index (χ0) is 13.8. The van der Waals surface area contributed by atoms with Crippen LogP contribution in [0.5, 0.6) is 0 Å². The SMILES string of the molecule is Brc1ccccc1C(CNC1CC1)OC1CCCCC1. The highest BCUT2D eigenvalue weighted by molar-refractivity contribution is 9.10. The first kappa shape index (κ1) is 14.6. The van der Waals surface area contributed by atoms with Gasteiger partial charge < -0.3 is 10.1 Å². The summed E-state index contributed by atoms with van der Waals surface area (Å²) in [5.74, 6) is 0. The van der Waals surface area contributed by atoms with Crippen LogP contribution in [-0.4, -0.2) is 18.7 Å². The largest absolute Gasteiger partial charge is 0.369 e. The van der Waals surface area contributed by atoms with Crippen molar-refractivity contribution in [3.8, 4) is 0 Å². The van der Waals surface area contributed by atoms with E-state index in [9.17, 15) is 0 Å². The molecule has 0 heterocycles. The lowest BCUT2D eigenvalue weighted by Crippen LogP contribution is -2.29. The molecule has 3 heteroatoms. The average Bonchev–Trinajstić information content (AvgIpc) is 3.29. The molecule has 2 aliphatic carbocycles. The van der Waals surface area contributed by atoms with Gasteiger partial charge in [-0.2, -0.15) is 0 Å². The van der Waals surface area contributed by atoms with Crippen LogP contribution in [-0.2, 0) is 4.74 Å². The molecule has 0 saturated heterocycles. The lowest BCUT2D eigenvalue weighted by Gasteiger charge is -2.28. The van der Waals surface area contributed by atoms with Gasteiger partial charge >= 0.3 is 0 Å². The standard InChI is InChI=1S/C17H24BrNO/c18-16-9-5-4-8-15(16)17(12-19-13-10-11-13)20-14-6-2-1-3-7-14/h4-5,8-9,13-14,17,19H,1-3,6-7,10-12H2. The van der Waals surface area contributed by atoms with E-state index in [1.54, 1.807) is 0 Å². The average molecular weight is 338 g/mol. The summed E-state index contributed by atoms with van der Waals surface area (Å²) in [7, 11) is 0. The molecule has 110 valence electrons. The summed E-state index contributed by atoms with van der Waals surface area (Å²) in [6.07, 6.45) is 9.75. The maximum atomic E-state index is 6.44. The van der Waals surface area contributed by atoms with E-state index >= 15 is 0 Å². The van der Waals surface area contributed by atoms with Crippen LogP contribution < -0.4 is 5.32 Å². The van der Waals surface area contributed by atoms with E-state index in [0.29, 0.717) is 6.10 Å². The minimum atomic E-state index is 0.175. The van der Waals surface area contributed by atoms with E-state index in [1.807, 2.05) is 0 Å². The Kier molecular flexibility index (Phi) is 5.14. The Balaban J connectivity index is 1.66. The number of benzene rings is 1. The lowest BCUT2D eigenvalue weighted by atomic mass is 9.97. The van der Waals surface area contributed by atoms with Crippen LogP contribution in [0.15, 0.2) is 28.7 Å². The fraction of sp³-hybridized carbons (Fsp3) is 0.647. The van der Waals surface area contributed by atoms with Crippen molar-refractivity contribution < 1.29 is 4.74 Å². The van der Waals surface area contributed by atoms with Crippen molar-refractivity contribution in [1.29, 1.82) is 0 Å². The van der Waals surface area contributed by atoms with Gasteiger partial charge in [0.15, 0.2) is 0 Å². The monoisotopic (exact) mass is 337 g/mol. The number of hydrogen-bond acceptors (Lipinski definition) is 2. The molecule has 3 rings (SSSR count). The Hall–Kier alpha value is -0.380. The number of rotatable bonds is 6. The van der Waals surface area contributed by atoms with Crippen molar-refractivity contribution in [2.75, 3.05) is 6.54 Å². The summed E-state index contributed by atoms with van der Waals surface area (Å²) in [6.45, 7) is 0.934. The maximum absolute atomic E-state index is 6.44. The van der Waals surface area contributed by atoms with Crippen molar-refractivity contribution >= 4 is 15.9 Å². The summed E-state index contributed by atoms with van der Waals surface area (Å²) in [5.41, 5.74) is 1.28. The van der Waals surface area contributed by atoms with Gasteiger partial charge in [0.05, 0.1) is 12.2 Å². The molecule has 1 aromatic rings. The second-order valence-corrected chi connectivity index (χ2v) is 6.94. The van der Waals surface area contributed by atoms with Gasteiger partial charge in [0.1, 0.15) is 0 Å². The van der Waals surface area contributed by atoms with E-state index in [4.69, 9.17) is 4.74 Å². The number of halogens is 1. The predicted octanol–water partition coefficient (Wildman–Crippen LogP) is 4.59. The molecule has 20 heavy (non-hydrogen) atoms. The van der Waals surface area contributed by atoms with Crippen LogP contribution in [0, 0.1) is 0 Å². The summed E-state index contributed by atoms with van der Waals surface area (Å²) >= 11 is 3.68. The molecule has 1 N–H and O–H groups in total. The highest BCUT2D eigenvalue weighted by Gasteiger charge is 2.26. The van der Waals surface area contributed by atoms with Crippen molar-refractivity contribution in [2.24, 2.45) is 0 Å². The molecule has 0 bridgehead atoms. The molecule has 2 nitrogen and oxygen atoms in total. The Labute approximate surface area is 130 Å². The molecule has 0 amide bonds. The van der Waals surface area contributed by atoms with E-state index in [-0.39, 0.29) is 6.10 Å². The van der Waals surface area contributed by atoms with Gasteiger partial charge in [-0.1, -0.05) is 53.4 Å². The highest BCUT2D eigenvalue weighted by atomic mass is 79.9. The third-order valence-electron chi connectivity index (χ3n) is 4.33. The van der Waals surface area contributed by atoms with Crippen molar-refractivity contribution in [1.82, 2.24) is 5.32 Å². The Morgan fingerprint density at radius 2 is 1.85 bits per heavy atom. The molecule has 2 aliphatic rings. The molecular weight excluding hydrogens is 314 g/mol. The number of nitrogens with one attached hydrogen (secondary N) is 1. The van der Waals surface area contributed by atoms with Crippen LogP contribution in [0.1, 0.15) is 56.6 Å². The molecular formula is C17H24BrNO. The normalized spacial score (nSPS) is 21.9. The van der Waals surface area contributed by atoms with Gasteiger partial charge in [-0.3, -0.25) is 0 Å². The third kappa shape index (κ3) is 4.06. The zero-order valence-electron chi connectivity index (χ0n) is 12.0. The van der Waals surface area contributed by atoms with Crippen LogP contribution in [0.3, 0.4) is 0 Å². The summed E-state index contributed by atoms with van der Waals surface area (Å²) < 4.78 is 7.61. The third-order valence-corrected chi connectivity index (χ3v) is 5.05. The molecule has 1 aromatic carbocycles. The molecule has 1 unspecified atom stereocenters. The van der Waals surface area contributed by atoms with E-state index in [1.165, 1.54) is 55.0 Å². The van der Waals surface area contributed by atoms with E-state index in [0.717, 1.165) is 12.6 Å². The van der Waals surface area contributed by atoms with Crippen LogP contribution >= 0.6 is 15.9 Å². The van der Waals surface area contributed by atoms with E-state index < -0.39 is 0 Å². The Morgan fingerprint density at radius 1 is 1.10 bits per heavy atom. The lowest BCUT2D eigenvalue weighted by molar-refractivity contribution is -0.0310. The van der Waals surface area contributed by atoms with Crippen LogP contribution in [0.2, 0.25) is 0 Å². The summed E-state index contributed by atoms with van der Waals surface area (Å²) in [6, 6.07) is 9.21. The fourth-order valence-electron chi connectivity index (χ4n) is 2.96. The topological polar surface area (TPSA) is 21.3 Å². The molecule has 0 spiro atoms. The Bertz CT molecular complexity index is 427. The summed E-state index contributed by atoms with van der Waals surface area (Å²) in [5, 5.41) is 3.63. The van der Waals surface area contributed by atoms with Gasteiger partial charge in [0.2, 0.25) is 0 Å². The highest BCUT2D eigenvalue weighted by Crippen LogP contribution is 2.31.